The Morgan fingerprint density at radius 2 is 0.825 bits per heavy atom. The highest BCUT2D eigenvalue weighted by Gasteiger charge is 2.03. The van der Waals surface area contributed by atoms with Gasteiger partial charge in [0.15, 0.2) is 0 Å². The normalized spacial score (nSPS) is 11.6. The number of hydrogen-bond donors (Lipinski definition) is 1. The van der Waals surface area contributed by atoms with Gasteiger partial charge < -0.3 is 9.84 Å². The molecule has 0 aliphatic rings. The van der Waals surface area contributed by atoms with Gasteiger partial charge in [-0.15, -0.1) is 0 Å². The molecule has 0 bridgehead atoms. The molecule has 0 saturated heterocycles. The summed E-state index contributed by atoms with van der Waals surface area (Å²) in [6, 6.07) is 0. The second kappa shape index (κ2) is 36.2. The third-order valence-corrected chi connectivity index (χ3v) is 8.21. The molecule has 0 aromatic carbocycles. The second-order valence-corrected chi connectivity index (χ2v) is 12.3. The van der Waals surface area contributed by atoms with Gasteiger partial charge >= 0.3 is 5.97 Å². The van der Waals surface area contributed by atoms with Crippen molar-refractivity contribution in [2.45, 2.75) is 206 Å². The number of carbonyl (C=O) groups excluding carboxylic acids is 1. The monoisotopic (exact) mass is 565 g/mol. The van der Waals surface area contributed by atoms with Crippen LogP contribution in [0.15, 0.2) is 12.2 Å². The number of hydrogen-bond acceptors (Lipinski definition) is 3. The van der Waals surface area contributed by atoms with Crippen molar-refractivity contribution in [3.05, 3.63) is 12.2 Å². The molecular weight excluding hydrogens is 492 g/mol. The predicted octanol–water partition coefficient (Wildman–Crippen LogP) is 12.2. The van der Waals surface area contributed by atoms with Crippen LogP contribution in [-0.4, -0.2) is 24.3 Å². The molecule has 3 nitrogen and oxygen atoms in total. The van der Waals surface area contributed by atoms with E-state index < -0.39 is 0 Å². The topological polar surface area (TPSA) is 46.5 Å². The average molecular weight is 565 g/mol. The third kappa shape index (κ3) is 35.2. The summed E-state index contributed by atoms with van der Waals surface area (Å²) in [6.07, 6.45) is 44.3. The molecule has 0 radical (unpaired) electrons. The fourth-order valence-electron chi connectivity index (χ4n) is 5.46. The van der Waals surface area contributed by atoms with Crippen LogP contribution in [0.25, 0.3) is 0 Å². The molecule has 0 unspecified atom stereocenters. The smallest absolute Gasteiger partial charge is 0.305 e. The largest absolute Gasteiger partial charge is 0.466 e. The van der Waals surface area contributed by atoms with Crippen molar-refractivity contribution in [3.8, 4) is 0 Å². The van der Waals surface area contributed by atoms with E-state index in [1.807, 2.05) is 0 Å². The highest BCUT2D eigenvalue weighted by atomic mass is 16.5. The number of esters is 1. The lowest BCUT2D eigenvalue weighted by Gasteiger charge is -2.06. The molecule has 0 saturated carbocycles. The van der Waals surface area contributed by atoms with E-state index in [0.29, 0.717) is 19.6 Å². The molecule has 1 N–H and O–H groups in total. The van der Waals surface area contributed by atoms with Gasteiger partial charge in [-0.1, -0.05) is 167 Å². The summed E-state index contributed by atoms with van der Waals surface area (Å²) in [4.78, 5) is 11.9. The second-order valence-electron chi connectivity index (χ2n) is 12.3. The molecule has 0 amide bonds. The first-order valence-corrected chi connectivity index (χ1v) is 18.2. The number of aliphatic hydroxyl groups excluding tert-OH is 1. The predicted molar refractivity (Wildman–Crippen MR) is 176 cm³/mol. The van der Waals surface area contributed by atoms with Gasteiger partial charge in [-0.3, -0.25) is 4.79 Å². The Morgan fingerprint density at radius 3 is 1.25 bits per heavy atom. The van der Waals surface area contributed by atoms with Gasteiger partial charge in [-0.25, -0.2) is 0 Å². The van der Waals surface area contributed by atoms with Crippen LogP contribution >= 0.6 is 0 Å². The molecule has 0 heterocycles. The van der Waals surface area contributed by atoms with Gasteiger partial charge in [0, 0.05) is 13.0 Å². The van der Waals surface area contributed by atoms with Crippen LogP contribution in [0.3, 0.4) is 0 Å². The molecule has 0 aliphatic carbocycles. The fourth-order valence-corrected chi connectivity index (χ4v) is 5.46. The van der Waals surface area contributed by atoms with Crippen molar-refractivity contribution in [3.63, 3.8) is 0 Å². The minimum Gasteiger partial charge on any atom is -0.466 e. The Bertz CT molecular complexity index is 502. The Hall–Kier alpha value is -0.830. The fraction of sp³-hybridized carbons (Fsp3) is 0.919. The number of carbonyl (C=O) groups is 1. The molecule has 0 fully saturated rings. The Labute approximate surface area is 251 Å². The van der Waals surface area contributed by atoms with E-state index in [2.05, 4.69) is 19.1 Å². The summed E-state index contributed by atoms with van der Waals surface area (Å²) in [5.74, 6) is 0.0140. The van der Waals surface area contributed by atoms with Crippen molar-refractivity contribution in [2.75, 3.05) is 13.2 Å². The van der Waals surface area contributed by atoms with Crippen molar-refractivity contribution >= 4 is 5.97 Å². The summed E-state index contributed by atoms with van der Waals surface area (Å²) in [5.41, 5.74) is 0. The summed E-state index contributed by atoms with van der Waals surface area (Å²) in [6.45, 7) is 3.24. The number of rotatable bonds is 34. The SMILES string of the molecule is CCCCCCC=CCCCCCCCCCCCC(=O)OCCCCCCCCCCCCCCCCCO. The van der Waals surface area contributed by atoms with Gasteiger partial charge in [0.05, 0.1) is 6.61 Å². The molecule has 0 atom stereocenters. The number of unbranched alkanes of at least 4 members (excludes halogenated alkanes) is 27. The van der Waals surface area contributed by atoms with Gasteiger partial charge in [0.2, 0.25) is 0 Å². The molecule has 3 heteroatoms. The lowest BCUT2D eigenvalue weighted by Crippen LogP contribution is -2.05. The molecular formula is C37H72O3. The van der Waals surface area contributed by atoms with Crippen LogP contribution < -0.4 is 0 Å². The summed E-state index contributed by atoms with van der Waals surface area (Å²) in [5, 5.41) is 8.78. The Balaban J connectivity index is 3.17. The molecule has 0 aromatic rings. The number of aliphatic hydroxyl groups is 1. The summed E-state index contributed by atoms with van der Waals surface area (Å²) in [7, 11) is 0. The van der Waals surface area contributed by atoms with Crippen LogP contribution in [0, 0.1) is 0 Å². The first-order chi connectivity index (χ1) is 19.8. The minimum atomic E-state index is 0.0140. The van der Waals surface area contributed by atoms with E-state index in [-0.39, 0.29) is 5.97 Å². The average Bonchev–Trinajstić information content (AvgIpc) is 2.96. The van der Waals surface area contributed by atoms with Crippen LogP contribution in [0.2, 0.25) is 0 Å². The van der Waals surface area contributed by atoms with Crippen molar-refractivity contribution < 1.29 is 14.6 Å². The lowest BCUT2D eigenvalue weighted by atomic mass is 10.0. The van der Waals surface area contributed by atoms with Crippen LogP contribution in [0.4, 0.5) is 0 Å². The van der Waals surface area contributed by atoms with Gasteiger partial charge in [0.1, 0.15) is 0 Å². The van der Waals surface area contributed by atoms with Gasteiger partial charge in [0.25, 0.3) is 0 Å². The van der Waals surface area contributed by atoms with E-state index in [1.165, 1.54) is 173 Å². The molecule has 40 heavy (non-hydrogen) atoms. The van der Waals surface area contributed by atoms with Crippen LogP contribution in [0.5, 0.6) is 0 Å². The number of allylic oxidation sites excluding steroid dienone is 2. The zero-order valence-corrected chi connectivity index (χ0v) is 27.3. The van der Waals surface area contributed by atoms with E-state index in [1.54, 1.807) is 0 Å². The minimum absolute atomic E-state index is 0.0140. The highest BCUT2D eigenvalue weighted by molar-refractivity contribution is 5.69. The van der Waals surface area contributed by atoms with Crippen molar-refractivity contribution in [1.29, 1.82) is 0 Å². The van der Waals surface area contributed by atoms with E-state index in [9.17, 15) is 4.79 Å². The quantitative estimate of drug-likeness (QED) is 0.0480. The molecule has 238 valence electrons. The first kappa shape index (κ1) is 39.2. The number of ether oxygens (including phenoxy) is 1. The van der Waals surface area contributed by atoms with E-state index in [0.717, 1.165) is 19.3 Å². The summed E-state index contributed by atoms with van der Waals surface area (Å²) < 4.78 is 5.44. The van der Waals surface area contributed by atoms with Crippen LogP contribution in [0.1, 0.15) is 206 Å². The third-order valence-electron chi connectivity index (χ3n) is 8.21. The maximum absolute atomic E-state index is 11.9. The van der Waals surface area contributed by atoms with Crippen molar-refractivity contribution in [1.82, 2.24) is 0 Å². The highest BCUT2D eigenvalue weighted by Crippen LogP contribution is 2.14. The maximum Gasteiger partial charge on any atom is 0.305 e. The molecule has 0 spiro atoms. The Kier molecular flexibility index (Phi) is 35.4. The zero-order valence-electron chi connectivity index (χ0n) is 27.3. The summed E-state index contributed by atoms with van der Waals surface area (Å²) >= 11 is 0. The zero-order chi connectivity index (χ0) is 29.0. The van der Waals surface area contributed by atoms with Crippen LogP contribution in [-0.2, 0) is 9.53 Å². The van der Waals surface area contributed by atoms with Crippen molar-refractivity contribution in [2.24, 2.45) is 0 Å². The first-order valence-electron chi connectivity index (χ1n) is 18.2. The van der Waals surface area contributed by atoms with E-state index in [4.69, 9.17) is 9.84 Å². The molecule has 0 aromatic heterocycles. The van der Waals surface area contributed by atoms with Gasteiger partial charge in [-0.2, -0.15) is 0 Å². The van der Waals surface area contributed by atoms with Gasteiger partial charge in [-0.05, 0) is 44.9 Å². The lowest BCUT2D eigenvalue weighted by molar-refractivity contribution is -0.143. The standard InChI is InChI=1S/C37H72O3/c1-2-3-4-5-6-7-8-9-10-11-13-16-19-22-25-28-31-34-37(39)40-36-33-30-27-24-21-18-15-12-14-17-20-23-26-29-32-35-38/h7-8,38H,2-6,9-36H2,1H3. The van der Waals surface area contributed by atoms with E-state index >= 15 is 0 Å². The Morgan fingerprint density at radius 1 is 0.475 bits per heavy atom. The maximum atomic E-state index is 11.9. The molecule has 0 aliphatic heterocycles. The molecule has 0 rings (SSSR count).